The fraction of sp³-hybridized carbons (Fsp3) is 0.364. The van der Waals surface area contributed by atoms with Crippen LogP contribution in [0.3, 0.4) is 0 Å². The lowest BCUT2D eigenvalue weighted by molar-refractivity contribution is 0.581. The molecule has 0 bridgehead atoms. The van der Waals surface area contributed by atoms with Gasteiger partial charge in [-0.05, 0) is 32.9 Å². The monoisotopic (exact) mass is 221 g/mol. The first kappa shape index (κ1) is 10.2. The number of rotatable bonds is 2. The van der Waals surface area contributed by atoms with E-state index in [1.807, 2.05) is 17.8 Å². The van der Waals surface area contributed by atoms with Crippen LogP contribution in [0.2, 0.25) is 0 Å². The molecule has 4 heteroatoms. The van der Waals surface area contributed by atoms with Crippen LogP contribution in [0.4, 0.5) is 5.82 Å². The summed E-state index contributed by atoms with van der Waals surface area (Å²) in [5, 5.41) is 4.30. The van der Waals surface area contributed by atoms with Gasteiger partial charge in [0, 0.05) is 15.3 Å². The Bertz CT molecular complexity index is 470. The van der Waals surface area contributed by atoms with Gasteiger partial charge in [0.05, 0.1) is 12.2 Å². The normalized spacial score (nSPS) is 13.0. The Balaban J connectivity index is 2.36. The molecule has 2 N–H and O–H groups in total. The molecule has 1 unspecified atom stereocenters. The molecule has 0 aromatic carbocycles. The molecule has 0 saturated carbocycles. The molecule has 15 heavy (non-hydrogen) atoms. The zero-order chi connectivity index (χ0) is 11.0. The summed E-state index contributed by atoms with van der Waals surface area (Å²) in [6.45, 7) is 6.21. The SMILES string of the molecule is Cc1ccc(C(C)n2ncc(C)c2N)s1. The van der Waals surface area contributed by atoms with Gasteiger partial charge < -0.3 is 5.73 Å². The van der Waals surface area contributed by atoms with Crippen LogP contribution in [0, 0.1) is 13.8 Å². The predicted octanol–water partition coefficient (Wildman–Crippen LogP) is 2.75. The quantitative estimate of drug-likeness (QED) is 0.847. The third-order valence-electron chi connectivity index (χ3n) is 2.57. The second-order valence-corrected chi connectivity index (χ2v) is 5.10. The number of nitrogens with two attached hydrogens (primary N) is 1. The molecule has 2 heterocycles. The summed E-state index contributed by atoms with van der Waals surface area (Å²) >= 11 is 1.79. The van der Waals surface area contributed by atoms with Crippen molar-refractivity contribution in [3.05, 3.63) is 33.6 Å². The maximum Gasteiger partial charge on any atom is 0.125 e. The lowest BCUT2D eigenvalue weighted by atomic mass is 10.2. The lowest BCUT2D eigenvalue weighted by Gasteiger charge is -2.12. The van der Waals surface area contributed by atoms with Crippen LogP contribution < -0.4 is 5.73 Å². The Morgan fingerprint density at radius 2 is 2.13 bits per heavy atom. The van der Waals surface area contributed by atoms with Crippen molar-refractivity contribution >= 4 is 17.2 Å². The third kappa shape index (κ3) is 1.77. The second-order valence-electron chi connectivity index (χ2n) is 3.78. The van der Waals surface area contributed by atoms with Crippen molar-refractivity contribution in [3.8, 4) is 0 Å². The number of nitrogen functional groups attached to an aromatic ring is 1. The van der Waals surface area contributed by atoms with Crippen molar-refractivity contribution in [2.24, 2.45) is 0 Å². The van der Waals surface area contributed by atoms with Gasteiger partial charge in [0.15, 0.2) is 0 Å². The molecule has 0 amide bonds. The van der Waals surface area contributed by atoms with Gasteiger partial charge in [0.1, 0.15) is 5.82 Å². The second kappa shape index (κ2) is 3.70. The summed E-state index contributed by atoms with van der Waals surface area (Å²) in [7, 11) is 0. The van der Waals surface area contributed by atoms with Gasteiger partial charge in [-0.3, -0.25) is 0 Å². The van der Waals surface area contributed by atoms with Crippen LogP contribution in [0.15, 0.2) is 18.3 Å². The van der Waals surface area contributed by atoms with Gasteiger partial charge in [-0.2, -0.15) is 5.10 Å². The maximum absolute atomic E-state index is 5.95. The van der Waals surface area contributed by atoms with Crippen molar-refractivity contribution in [1.29, 1.82) is 0 Å². The highest BCUT2D eigenvalue weighted by molar-refractivity contribution is 7.12. The van der Waals surface area contributed by atoms with E-state index in [0.717, 1.165) is 11.4 Å². The number of aromatic nitrogens is 2. The number of nitrogens with zero attached hydrogens (tertiary/aromatic N) is 2. The van der Waals surface area contributed by atoms with Crippen molar-refractivity contribution in [2.75, 3.05) is 5.73 Å². The summed E-state index contributed by atoms with van der Waals surface area (Å²) in [5.41, 5.74) is 6.99. The first-order valence-corrected chi connectivity index (χ1v) is 5.77. The Kier molecular flexibility index (Phi) is 2.52. The van der Waals surface area contributed by atoms with Crippen LogP contribution in [0.1, 0.15) is 28.3 Å². The summed E-state index contributed by atoms with van der Waals surface area (Å²) in [6, 6.07) is 4.49. The van der Waals surface area contributed by atoms with Gasteiger partial charge in [0.2, 0.25) is 0 Å². The molecule has 1 atom stereocenters. The molecule has 0 saturated heterocycles. The smallest absolute Gasteiger partial charge is 0.125 e. The number of hydrogen-bond donors (Lipinski definition) is 1. The van der Waals surface area contributed by atoms with Gasteiger partial charge >= 0.3 is 0 Å². The highest BCUT2D eigenvalue weighted by atomic mass is 32.1. The molecule has 0 fully saturated rings. The van der Waals surface area contributed by atoms with Crippen molar-refractivity contribution in [2.45, 2.75) is 26.8 Å². The zero-order valence-corrected chi connectivity index (χ0v) is 10.0. The summed E-state index contributed by atoms with van der Waals surface area (Å²) in [4.78, 5) is 2.61. The molecule has 2 rings (SSSR count). The standard InChI is InChI=1S/C11H15N3S/c1-7-6-13-14(11(7)12)9(3)10-5-4-8(2)15-10/h4-6,9H,12H2,1-3H3. The van der Waals surface area contributed by atoms with E-state index < -0.39 is 0 Å². The minimum absolute atomic E-state index is 0.220. The summed E-state index contributed by atoms with van der Waals surface area (Å²) in [5.74, 6) is 0.758. The molecule has 0 aliphatic carbocycles. The van der Waals surface area contributed by atoms with Crippen LogP contribution in [0.25, 0.3) is 0 Å². The average molecular weight is 221 g/mol. The van der Waals surface area contributed by atoms with E-state index in [2.05, 4.69) is 31.1 Å². The van der Waals surface area contributed by atoms with E-state index in [9.17, 15) is 0 Å². The third-order valence-corrected chi connectivity index (χ3v) is 3.74. The Morgan fingerprint density at radius 3 is 2.60 bits per heavy atom. The molecular formula is C11H15N3S. The average Bonchev–Trinajstić information content (AvgIpc) is 2.75. The predicted molar refractivity (Wildman–Crippen MR) is 64.2 cm³/mol. The lowest BCUT2D eigenvalue weighted by Crippen LogP contribution is -2.10. The van der Waals surface area contributed by atoms with Crippen LogP contribution in [0.5, 0.6) is 0 Å². The molecular weight excluding hydrogens is 206 g/mol. The van der Waals surface area contributed by atoms with Crippen LogP contribution >= 0.6 is 11.3 Å². The van der Waals surface area contributed by atoms with E-state index in [4.69, 9.17) is 5.73 Å². The first-order valence-electron chi connectivity index (χ1n) is 4.95. The molecule has 0 aliphatic heterocycles. The first-order chi connectivity index (χ1) is 7.09. The molecule has 0 radical (unpaired) electrons. The Hall–Kier alpha value is -1.29. The Labute approximate surface area is 93.5 Å². The maximum atomic E-state index is 5.95. The van der Waals surface area contributed by atoms with Crippen molar-refractivity contribution in [3.63, 3.8) is 0 Å². The molecule has 0 spiro atoms. The number of hydrogen-bond acceptors (Lipinski definition) is 3. The van der Waals surface area contributed by atoms with Gasteiger partial charge in [-0.1, -0.05) is 0 Å². The topological polar surface area (TPSA) is 43.8 Å². The van der Waals surface area contributed by atoms with E-state index in [1.54, 1.807) is 11.3 Å². The number of aryl methyl sites for hydroxylation is 2. The van der Waals surface area contributed by atoms with E-state index >= 15 is 0 Å². The fourth-order valence-corrected chi connectivity index (χ4v) is 2.48. The van der Waals surface area contributed by atoms with Crippen LogP contribution in [-0.4, -0.2) is 9.78 Å². The highest BCUT2D eigenvalue weighted by Crippen LogP contribution is 2.27. The van der Waals surface area contributed by atoms with Gasteiger partial charge in [0.25, 0.3) is 0 Å². The molecule has 80 valence electrons. The fourth-order valence-electron chi connectivity index (χ4n) is 1.56. The minimum Gasteiger partial charge on any atom is -0.384 e. The molecule has 3 nitrogen and oxygen atoms in total. The summed E-state index contributed by atoms with van der Waals surface area (Å²) < 4.78 is 1.88. The van der Waals surface area contributed by atoms with Crippen LogP contribution in [-0.2, 0) is 0 Å². The van der Waals surface area contributed by atoms with E-state index in [0.29, 0.717) is 0 Å². The van der Waals surface area contributed by atoms with Gasteiger partial charge in [-0.15, -0.1) is 11.3 Å². The van der Waals surface area contributed by atoms with E-state index in [1.165, 1.54) is 9.75 Å². The van der Waals surface area contributed by atoms with Crippen molar-refractivity contribution < 1.29 is 0 Å². The van der Waals surface area contributed by atoms with Crippen molar-refractivity contribution in [1.82, 2.24) is 9.78 Å². The number of thiophene rings is 1. The largest absolute Gasteiger partial charge is 0.384 e. The molecule has 2 aromatic rings. The van der Waals surface area contributed by atoms with E-state index in [-0.39, 0.29) is 6.04 Å². The Morgan fingerprint density at radius 1 is 1.40 bits per heavy atom. The minimum atomic E-state index is 0.220. The number of anilines is 1. The summed E-state index contributed by atoms with van der Waals surface area (Å²) in [6.07, 6.45) is 1.81. The molecule has 2 aromatic heterocycles. The molecule has 0 aliphatic rings. The highest BCUT2D eigenvalue weighted by Gasteiger charge is 2.14. The van der Waals surface area contributed by atoms with Gasteiger partial charge in [-0.25, -0.2) is 4.68 Å². The zero-order valence-electron chi connectivity index (χ0n) is 9.19.